The lowest BCUT2D eigenvalue weighted by molar-refractivity contribution is -0.134. The van der Waals surface area contributed by atoms with Crippen LogP contribution in [0.25, 0.3) is 0 Å². The first kappa shape index (κ1) is 18.4. The summed E-state index contributed by atoms with van der Waals surface area (Å²) in [7, 11) is 0. The van der Waals surface area contributed by atoms with Crippen molar-refractivity contribution in [3.8, 4) is 0 Å². The Hall–Kier alpha value is -2.41. The van der Waals surface area contributed by atoms with Crippen molar-refractivity contribution in [2.45, 2.75) is 19.9 Å². The molecule has 0 bridgehead atoms. The standard InChI is InChI=1S/C19H24N4O2S/c1-14(2)16(21-17(24)15-6-4-3-5-7-15)18(25)22-9-11-23(12-10-22)19-20-8-13-26-19/h3-8,13-14,16H,9-12H2,1-2H3,(H,21,24)/t16-/m1/s1. The van der Waals surface area contributed by atoms with Gasteiger partial charge in [0.05, 0.1) is 0 Å². The van der Waals surface area contributed by atoms with Crippen molar-refractivity contribution in [2.24, 2.45) is 5.92 Å². The van der Waals surface area contributed by atoms with E-state index in [1.807, 2.05) is 42.3 Å². The smallest absolute Gasteiger partial charge is 0.251 e. The zero-order valence-electron chi connectivity index (χ0n) is 15.1. The van der Waals surface area contributed by atoms with Crippen LogP contribution in [-0.4, -0.2) is 53.9 Å². The molecule has 138 valence electrons. The second-order valence-electron chi connectivity index (χ2n) is 6.69. The van der Waals surface area contributed by atoms with E-state index in [4.69, 9.17) is 0 Å². The van der Waals surface area contributed by atoms with Gasteiger partial charge in [-0.2, -0.15) is 0 Å². The van der Waals surface area contributed by atoms with Crippen LogP contribution in [0.1, 0.15) is 24.2 Å². The van der Waals surface area contributed by atoms with E-state index >= 15 is 0 Å². The van der Waals surface area contributed by atoms with E-state index in [0.717, 1.165) is 18.2 Å². The topological polar surface area (TPSA) is 65.5 Å². The lowest BCUT2D eigenvalue weighted by atomic mass is 10.0. The molecule has 2 aromatic rings. The number of hydrogen-bond donors (Lipinski definition) is 1. The van der Waals surface area contributed by atoms with Crippen LogP contribution in [0.5, 0.6) is 0 Å². The quantitative estimate of drug-likeness (QED) is 0.874. The van der Waals surface area contributed by atoms with E-state index in [1.165, 1.54) is 0 Å². The summed E-state index contributed by atoms with van der Waals surface area (Å²) in [6.45, 7) is 6.72. The highest BCUT2D eigenvalue weighted by atomic mass is 32.1. The Balaban J connectivity index is 1.61. The van der Waals surface area contributed by atoms with Crippen LogP contribution in [0, 0.1) is 5.92 Å². The predicted molar refractivity (Wildman–Crippen MR) is 103 cm³/mol. The average Bonchev–Trinajstić information content (AvgIpc) is 3.21. The Morgan fingerprint density at radius 3 is 2.38 bits per heavy atom. The van der Waals surface area contributed by atoms with Crippen molar-refractivity contribution in [1.29, 1.82) is 0 Å². The molecule has 0 radical (unpaired) electrons. The van der Waals surface area contributed by atoms with E-state index in [1.54, 1.807) is 29.7 Å². The number of nitrogens with one attached hydrogen (secondary N) is 1. The van der Waals surface area contributed by atoms with E-state index in [0.29, 0.717) is 18.7 Å². The van der Waals surface area contributed by atoms with Crippen molar-refractivity contribution in [1.82, 2.24) is 15.2 Å². The number of thiazole rings is 1. The number of rotatable bonds is 5. The van der Waals surface area contributed by atoms with E-state index in [2.05, 4.69) is 15.2 Å². The summed E-state index contributed by atoms with van der Waals surface area (Å²) >= 11 is 1.61. The second-order valence-corrected chi connectivity index (χ2v) is 7.56. The monoisotopic (exact) mass is 372 g/mol. The lowest BCUT2D eigenvalue weighted by Gasteiger charge is -2.37. The first-order chi connectivity index (χ1) is 12.6. The summed E-state index contributed by atoms with van der Waals surface area (Å²) in [5.74, 6) is -0.200. The van der Waals surface area contributed by atoms with Crippen LogP contribution >= 0.6 is 11.3 Å². The molecule has 1 aliphatic rings. The summed E-state index contributed by atoms with van der Waals surface area (Å²) in [6.07, 6.45) is 1.80. The van der Waals surface area contributed by atoms with Gasteiger partial charge in [0.2, 0.25) is 5.91 Å². The average molecular weight is 372 g/mol. The van der Waals surface area contributed by atoms with Gasteiger partial charge in [-0.25, -0.2) is 4.98 Å². The molecule has 2 amide bonds. The van der Waals surface area contributed by atoms with Crippen molar-refractivity contribution in [3.63, 3.8) is 0 Å². The maximum absolute atomic E-state index is 13.0. The van der Waals surface area contributed by atoms with E-state index in [9.17, 15) is 9.59 Å². The van der Waals surface area contributed by atoms with Crippen LogP contribution in [0.15, 0.2) is 41.9 Å². The zero-order chi connectivity index (χ0) is 18.5. The molecule has 1 fully saturated rings. The molecule has 1 aromatic carbocycles. The summed E-state index contributed by atoms with van der Waals surface area (Å²) in [4.78, 5) is 33.8. The molecule has 1 N–H and O–H groups in total. The van der Waals surface area contributed by atoms with Gasteiger partial charge >= 0.3 is 0 Å². The third-order valence-electron chi connectivity index (χ3n) is 4.54. The molecule has 0 spiro atoms. The fourth-order valence-electron chi connectivity index (χ4n) is 3.01. The molecule has 1 aromatic heterocycles. The molecule has 1 aliphatic heterocycles. The van der Waals surface area contributed by atoms with Gasteiger partial charge in [0.25, 0.3) is 5.91 Å². The highest BCUT2D eigenvalue weighted by molar-refractivity contribution is 7.13. The number of carbonyl (C=O) groups excluding carboxylic acids is 2. The van der Waals surface area contributed by atoms with Crippen LogP contribution in [0.3, 0.4) is 0 Å². The van der Waals surface area contributed by atoms with Gasteiger partial charge in [0, 0.05) is 43.3 Å². The number of anilines is 1. The van der Waals surface area contributed by atoms with Gasteiger partial charge in [-0.1, -0.05) is 32.0 Å². The molecule has 26 heavy (non-hydrogen) atoms. The summed E-state index contributed by atoms with van der Waals surface area (Å²) < 4.78 is 0. The van der Waals surface area contributed by atoms with Crippen LogP contribution in [0.4, 0.5) is 5.13 Å². The minimum absolute atomic E-state index is 0.0110. The third kappa shape index (κ3) is 4.22. The van der Waals surface area contributed by atoms with E-state index in [-0.39, 0.29) is 17.7 Å². The fraction of sp³-hybridized carbons (Fsp3) is 0.421. The Morgan fingerprint density at radius 1 is 1.12 bits per heavy atom. The normalized spacial score (nSPS) is 15.8. The molecule has 3 rings (SSSR count). The van der Waals surface area contributed by atoms with Crippen LogP contribution < -0.4 is 10.2 Å². The highest BCUT2D eigenvalue weighted by Crippen LogP contribution is 2.19. The molecule has 0 aliphatic carbocycles. The number of carbonyl (C=O) groups is 2. The first-order valence-corrected chi connectivity index (χ1v) is 9.73. The lowest BCUT2D eigenvalue weighted by Crippen LogP contribution is -2.56. The largest absolute Gasteiger partial charge is 0.345 e. The van der Waals surface area contributed by atoms with Gasteiger partial charge in [-0.3, -0.25) is 9.59 Å². The Bertz CT molecular complexity index is 725. The highest BCUT2D eigenvalue weighted by Gasteiger charge is 2.31. The van der Waals surface area contributed by atoms with Crippen LogP contribution in [0.2, 0.25) is 0 Å². The molecule has 1 atom stereocenters. The first-order valence-electron chi connectivity index (χ1n) is 8.85. The van der Waals surface area contributed by atoms with Crippen molar-refractivity contribution in [3.05, 3.63) is 47.5 Å². The number of aromatic nitrogens is 1. The molecule has 2 heterocycles. The molecule has 0 unspecified atom stereocenters. The fourth-order valence-corrected chi connectivity index (χ4v) is 3.71. The van der Waals surface area contributed by atoms with Crippen molar-refractivity contribution in [2.75, 3.05) is 31.1 Å². The van der Waals surface area contributed by atoms with Crippen molar-refractivity contribution >= 4 is 28.3 Å². The summed E-state index contributed by atoms with van der Waals surface area (Å²) in [5.41, 5.74) is 0.569. The molecule has 0 saturated carbocycles. The minimum Gasteiger partial charge on any atom is -0.345 e. The molecule has 7 heteroatoms. The van der Waals surface area contributed by atoms with Gasteiger partial charge in [0.15, 0.2) is 5.13 Å². The maximum atomic E-state index is 13.0. The van der Waals surface area contributed by atoms with Gasteiger partial charge in [0.1, 0.15) is 6.04 Å². The number of amides is 2. The second kappa shape index (κ2) is 8.31. The molecular weight excluding hydrogens is 348 g/mol. The molecule has 1 saturated heterocycles. The summed E-state index contributed by atoms with van der Waals surface area (Å²) in [5, 5.41) is 5.87. The predicted octanol–water partition coefficient (Wildman–Crippen LogP) is 2.25. The zero-order valence-corrected chi connectivity index (χ0v) is 15.9. The SMILES string of the molecule is CC(C)[C@@H](NC(=O)c1ccccc1)C(=O)N1CCN(c2nccs2)CC1. The number of nitrogens with zero attached hydrogens (tertiary/aromatic N) is 3. The Kier molecular flexibility index (Phi) is 5.88. The number of piperazine rings is 1. The van der Waals surface area contributed by atoms with Gasteiger partial charge in [-0.05, 0) is 18.1 Å². The molecular formula is C19H24N4O2S. The minimum atomic E-state index is -0.519. The Morgan fingerprint density at radius 2 is 1.81 bits per heavy atom. The van der Waals surface area contributed by atoms with Crippen LogP contribution in [-0.2, 0) is 4.79 Å². The van der Waals surface area contributed by atoms with E-state index < -0.39 is 6.04 Å². The molecule has 6 nitrogen and oxygen atoms in total. The van der Waals surface area contributed by atoms with Crippen molar-refractivity contribution < 1.29 is 9.59 Å². The number of benzene rings is 1. The summed E-state index contributed by atoms with van der Waals surface area (Å²) in [6, 6.07) is 8.49. The van der Waals surface area contributed by atoms with Gasteiger partial charge < -0.3 is 15.1 Å². The van der Waals surface area contributed by atoms with Gasteiger partial charge in [-0.15, -0.1) is 11.3 Å². The Labute approximate surface area is 157 Å². The maximum Gasteiger partial charge on any atom is 0.251 e. The number of hydrogen-bond acceptors (Lipinski definition) is 5. The third-order valence-corrected chi connectivity index (χ3v) is 5.37.